The molecule has 2 aromatic carbocycles. The lowest BCUT2D eigenvalue weighted by molar-refractivity contribution is -0.115. The van der Waals surface area contributed by atoms with Crippen molar-refractivity contribution in [2.75, 3.05) is 19.5 Å². The van der Waals surface area contributed by atoms with Crippen LogP contribution in [0.2, 0.25) is 0 Å². The number of hydrogen-bond acceptors (Lipinski definition) is 4. The molecule has 0 saturated carbocycles. The van der Waals surface area contributed by atoms with Crippen molar-refractivity contribution < 1.29 is 14.3 Å². The summed E-state index contributed by atoms with van der Waals surface area (Å²) in [5, 5.41) is 2.91. The Balaban J connectivity index is 1.74. The maximum absolute atomic E-state index is 12.3. The molecule has 1 amide bonds. The summed E-state index contributed by atoms with van der Waals surface area (Å²) < 4.78 is 10.7. The number of carbonyl (C=O) groups is 1. The molecule has 0 unspecified atom stereocenters. The van der Waals surface area contributed by atoms with Gasteiger partial charge >= 0.3 is 0 Å². The van der Waals surface area contributed by atoms with Crippen molar-refractivity contribution in [1.29, 1.82) is 0 Å². The fourth-order valence-electron chi connectivity index (χ4n) is 2.71. The molecular formula is C21H20N2O3. The summed E-state index contributed by atoms with van der Waals surface area (Å²) in [6.45, 7) is 0. The number of hydrogen-bond donors (Lipinski definition) is 1. The van der Waals surface area contributed by atoms with Crippen LogP contribution >= 0.6 is 0 Å². The molecule has 0 atom stereocenters. The third-order valence-corrected chi connectivity index (χ3v) is 3.98. The van der Waals surface area contributed by atoms with Gasteiger partial charge in [0, 0.05) is 29.7 Å². The third kappa shape index (κ3) is 4.19. The van der Waals surface area contributed by atoms with Gasteiger partial charge in [0.05, 0.1) is 20.6 Å². The average molecular weight is 348 g/mol. The molecule has 0 spiro atoms. The first-order valence-corrected chi connectivity index (χ1v) is 8.21. The summed E-state index contributed by atoms with van der Waals surface area (Å²) >= 11 is 0. The van der Waals surface area contributed by atoms with E-state index in [1.807, 2.05) is 54.6 Å². The van der Waals surface area contributed by atoms with Crippen LogP contribution in [0, 0.1) is 0 Å². The van der Waals surface area contributed by atoms with Gasteiger partial charge in [-0.15, -0.1) is 0 Å². The monoisotopic (exact) mass is 348 g/mol. The van der Waals surface area contributed by atoms with E-state index in [9.17, 15) is 4.79 Å². The zero-order valence-electron chi connectivity index (χ0n) is 14.7. The molecule has 3 rings (SSSR count). The Bertz CT molecular complexity index is 895. The molecule has 3 aromatic rings. The smallest absolute Gasteiger partial charge is 0.228 e. The molecule has 0 fully saturated rings. The minimum Gasteiger partial charge on any atom is -0.497 e. The molecule has 1 N–H and O–H groups in total. The number of nitrogens with zero attached hydrogens (tertiary/aromatic N) is 1. The second-order valence-corrected chi connectivity index (χ2v) is 5.73. The number of anilines is 1. The molecule has 26 heavy (non-hydrogen) atoms. The molecule has 132 valence electrons. The van der Waals surface area contributed by atoms with E-state index in [4.69, 9.17) is 9.47 Å². The van der Waals surface area contributed by atoms with Crippen LogP contribution < -0.4 is 14.8 Å². The predicted octanol–water partition coefficient (Wildman–Crippen LogP) is 3.95. The van der Waals surface area contributed by atoms with Crippen LogP contribution in [0.4, 0.5) is 5.69 Å². The topological polar surface area (TPSA) is 60.5 Å². The number of benzene rings is 2. The molecule has 0 radical (unpaired) electrons. The van der Waals surface area contributed by atoms with E-state index in [1.165, 1.54) is 0 Å². The summed E-state index contributed by atoms with van der Waals surface area (Å²) in [6.07, 6.45) is 3.74. The van der Waals surface area contributed by atoms with Crippen molar-refractivity contribution >= 4 is 11.6 Å². The number of nitrogens with one attached hydrogen (secondary N) is 1. The van der Waals surface area contributed by atoms with E-state index in [0.29, 0.717) is 11.4 Å². The highest BCUT2D eigenvalue weighted by atomic mass is 16.5. The highest BCUT2D eigenvalue weighted by Gasteiger charge is 2.10. The summed E-state index contributed by atoms with van der Waals surface area (Å²) in [5.41, 5.74) is 3.53. The summed E-state index contributed by atoms with van der Waals surface area (Å²) in [5.74, 6) is 1.33. The minimum absolute atomic E-state index is 0.100. The number of methoxy groups -OCH3 is 2. The first-order valence-electron chi connectivity index (χ1n) is 8.21. The van der Waals surface area contributed by atoms with Crippen molar-refractivity contribution in [3.63, 3.8) is 0 Å². The summed E-state index contributed by atoms with van der Waals surface area (Å²) in [6, 6.07) is 16.9. The zero-order chi connectivity index (χ0) is 18.4. The Morgan fingerprint density at radius 3 is 2.54 bits per heavy atom. The van der Waals surface area contributed by atoms with Gasteiger partial charge < -0.3 is 14.8 Å². The molecule has 5 nitrogen and oxygen atoms in total. The zero-order valence-corrected chi connectivity index (χ0v) is 14.7. The second-order valence-electron chi connectivity index (χ2n) is 5.73. The van der Waals surface area contributed by atoms with Gasteiger partial charge in [-0.2, -0.15) is 0 Å². The molecule has 1 aromatic heterocycles. The van der Waals surface area contributed by atoms with Gasteiger partial charge in [-0.25, -0.2) is 0 Å². The van der Waals surface area contributed by atoms with E-state index in [1.54, 1.807) is 26.6 Å². The highest BCUT2D eigenvalue weighted by Crippen LogP contribution is 2.32. The van der Waals surface area contributed by atoms with Crippen molar-refractivity contribution in [3.8, 4) is 22.6 Å². The van der Waals surface area contributed by atoms with Crippen LogP contribution in [0.25, 0.3) is 11.1 Å². The molecule has 0 aliphatic rings. The standard InChI is InChI=1S/C21H20N2O3/c1-25-18-5-3-4-15(12-18)13-21(24)23-17-6-7-19(20(14-17)26-2)16-8-10-22-11-9-16/h3-12,14H,13H2,1-2H3,(H,23,24). The molecular weight excluding hydrogens is 328 g/mol. The SMILES string of the molecule is COc1cccc(CC(=O)Nc2ccc(-c3ccncc3)c(OC)c2)c1. The number of carbonyl (C=O) groups excluding carboxylic acids is 1. The number of pyridine rings is 1. The Kier molecular flexibility index (Phi) is 5.49. The first-order chi connectivity index (χ1) is 12.7. The van der Waals surface area contributed by atoms with Gasteiger partial charge in [-0.3, -0.25) is 9.78 Å². The number of aromatic nitrogens is 1. The lowest BCUT2D eigenvalue weighted by atomic mass is 10.1. The average Bonchev–Trinajstić information content (AvgIpc) is 2.68. The molecule has 0 bridgehead atoms. The minimum atomic E-state index is -0.100. The van der Waals surface area contributed by atoms with Crippen molar-refractivity contribution in [2.24, 2.45) is 0 Å². The molecule has 0 aliphatic carbocycles. The number of ether oxygens (including phenoxy) is 2. The van der Waals surface area contributed by atoms with Gasteiger partial charge in [0.1, 0.15) is 11.5 Å². The highest BCUT2D eigenvalue weighted by molar-refractivity contribution is 5.93. The van der Waals surface area contributed by atoms with Crippen molar-refractivity contribution in [3.05, 3.63) is 72.6 Å². The molecule has 5 heteroatoms. The van der Waals surface area contributed by atoms with E-state index in [0.717, 1.165) is 22.4 Å². The first kappa shape index (κ1) is 17.5. The maximum atomic E-state index is 12.3. The van der Waals surface area contributed by atoms with Gasteiger partial charge in [0.2, 0.25) is 5.91 Å². The van der Waals surface area contributed by atoms with E-state index >= 15 is 0 Å². The van der Waals surface area contributed by atoms with E-state index in [-0.39, 0.29) is 12.3 Å². The Morgan fingerprint density at radius 2 is 1.81 bits per heavy atom. The molecule has 0 aliphatic heterocycles. The fourth-order valence-corrected chi connectivity index (χ4v) is 2.71. The summed E-state index contributed by atoms with van der Waals surface area (Å²) in [7, 11) is 3.22. The third-order valence-electron chi connectivity index (χ3n) is 3.98. The Labute approximate surface area is 152 Å². The van der Waals surface area contributed by atoms with Gasteiger partial charge in [0.25, 0.3) is 0 Å². The van der Waals surface area contributed by atoms with E-state index in [2.05, 4.69) is 10.3 Å². The van der Waals surface area contributed by atoms with Crippen molar-refractivity contribution in [1.82, 2.24) is 4.98 Å². The van der Waals surface area contributed by atoms with Crippen LogP contribution in [0.5, 0.6) is 11.5 Å². The Hall–Kier alpha value is -3.34. The summed E-state index contributed by atoms with van der Waals surface area (Å²) in [4.78, 5) is 16.4. The maximum Gasteiger partial charge on any atom is 0.228 e. The van der Waals surface area contributed by atoms with Gasteiger partial charge in [-0.1, -0.05) is 12.1 Å². The number of amides is 1. The fraction of sp³-hybridized carbons (Fsp3) is 0.143. The lowest BCUT2D eigenvalue weighted by Gasteiger charge is -2.12. The number of rotatable bonds is 6. The second kappa shape index (κ2) is 8.16. The lowest BCUT2D eigenvalue weighted by Crippen LogP contribution is -2.14. The van der Waals surface area contributed by atoms with Crippen LogP contribution in [0.15, 0.2) is 67.0 Å². The van der Waals surface area contributed by atoms with Crippen LogP contribution in [0.1, 0.15) is 5.56 Å². The molecule has 0 saturated heterocycles. The van der Waals surface area contributed by atoms with Gasteiger partial charge in [0.15, 0.2) is 0 Å². The van der Waals surface area contributed by atoms with E-state index < -0.39 is 0 Å². The normalized spacial score (nSPS) is 10.2. The molecule has 1 heterocycles. The van der Waals surface area contributed by atoms with Gasteiger partial charge in [-0.05, 0) is 47.5 Å². The van der Waals surface area contributed by atoms with Crippen molar-refractivity contribution in [2.45, 2.75) is 6.42 Å². The van der Waals surface area contributed by atoms with Crippen LogP contribution in [-0.4, -0.2) is 25.1 Å². The largest absolute Gasteiger partial charge is 0.497 e. The van der Waals surface area contributed by atoms with Crippen LogP contribution in [-0.2, 0) is 11.2 Å². The predicted molar refractivity (Wildman–Crippen MR) is 102 cm³/mol. The Morgan fingerprint density at radius 1 is 1.00 bits per heavy atom. The van der Waals surface area contributed by atoms with Crippen LogP contribution in [0.3, 0.4) is 0 Å². The quantitative estimate of drug-likeness (QED) is 0.733.